The molecule has 1 aromatic rings. The van der Waals surface area contributed by atoms with Crippen LogP contribution in [-0.4, -0.2) is 48.3 Å². The number of benzene rings is 1. The molecule has 0 bridgehead atoms. The molecule has 0 aliphatic carbocycles. The standard InChI is InChI=1S/C17H28N2O/c1-14(2)17(13-20)18-16-9-11-19(12-16)10-8-15-6-4-3-5-7-15/h3-7,14,16-18,20H,8-13H2,1-2H3. The van der Waals surface area contributed by atoms with E-state index in [9.17, 15) is 5.11 Å². The summed E-state index contributed by atoms with van der Waals surface area (Å²) < 4.78 is 0. The van der Waals surface area contributed by atoms with Crippen LogP contribution in [0.15, 0.2) is 30.3 Å². The van der Waals surface area contributed by atoms with E-state index in [2.05, 4.69) is 54.4 Å². The molecule has 2 N–H and O–H groups in total. The van der Waals surface area contributed by atoms with Crippen molar-refractivity contribution in [1.82, 2.24) is 10.2 Å². The zero-order chi connectivity index (χ0) is 14.4. The molecule has 1 fully saturated rings. The summed E-state index contributed by atoms with van der Waals surface area (Å²) in [4.78, 5) is 2.53. The molecule has 1 aliphatic heterocycles. The number of nitrogens with zero attached hydrogens (tertiary/aromatic N) is 1. The lowest BCUT2D eigenvalue weighted by Crippen LogP contribution is -2.45. The van der Waals surface area contributed by atoms with Gasteiger partial charge in [-0.1, -0.05) is 44.2 Å². The van der Waals surface area contributed by atoms with Crippen LogP contribution in [-0.2, 0) is 6.42 Å². The van der Waals surface area contributed by atoms with E-state index in [0.29, 0.717) is 12.0 Å². The Hall–Kier alpha value is -0.900. The van der Waals surface area contributed by atoms with Gasteiger partial charge in [0.15, 0.2) is 0 Å². The minimum atomic E-state index is 0.231. The summed E-state index contributed by atoms with van der Waals surface area (Å²) in [6.07, 6.45) is 2.32. The molecule has 0 radical (unpaired) electrons. The largest absolute Gasteiger partial charge is 0.395 e. The second kappa shape index (κ2) is 7.77. The molecule has 2 atom stereocenters. The van der Waals surface area contributed by atoms with Crippen LogP contribution in [0, 0.1) is 5.92 Å². The predicted octanol–water partition coefficient (Wildman–Crippen LogP) is 1.91. The minimum Gasteiger partial charge on any atom is -0.395 e. The SMILES string of the molecule is CC(C)C(CO)NC1CCN(CCc2ccccc2)C1. The summed E-state index contributed by atoms with van der Waals surface area (Å²) in [6, 6.07) is 11.5. The Labute approximate surface area is 123 Å². The van der Waals surface area contributed by atoms with Gasteiger partial charge in [0.1, 0.15) is 0 Å². The number of hydrogen-bond acceptors (Lipinski definition) is 3. The second-order valence-corrected chi connectivity index (χ2v) is 6.22. The summed E-state index contributed by atoms with van der Waals surface area (Å²) in [7, 11) is 0. The Morgan fingerprint density at radius 1 is 1.30 bits per heavy atom. The Bertz CT molecular complexity index is 380. The smallest absolute Gasteiger partial charge is 0.0587 e. The van der Waals surface area contributed by atoms with Gasteiger partial charge in [-0.05, 0) is 30.9 Å². The molecular weight excluding hydrogens is 248 g/mol. The summed E-state index contributed by atoms with van der Waals surface area (Å²) in [5, 5.41) is 13.0. The van der Waals surface area contributed by atoms with E-state index >= 15 is 0 Å². The lowest BCUT2D eigenvalue weighted by atomic mass is 10.0. The normalized spacial score (nSPS) is 21.5. The van der Waals surface area contributed by atoms with Gasteiger partial charge in [0.2, 0.25) is 0 Å². The number of nitrogens with one attached hydrogen (secondary N) is 1. The fourth-order valence-corrected chi connectivity index (χ4v) is 2.86. The Kier molecular flexibility index (Phi) is 6.02. The van der Waals surface area contributed by atoms with Crippen molar-refractivity contribution in [2.75, 3.05) is 26.2 Å². The first-order valence-electron chi connectivity index (χ1n) is 7.82. The van der Waals surface area contributed by atoms with E-state index in [1.54, 1.807) is 0 Å². The molecule has 3 heteroatoms. The molecular formula is C17H28N2O. The average Bonchev–Trinajstić information content (AvgIpc) is 2.91. The van der Waals surface area contributed by atoms with Crippen LogP contribution in [0.25, 0.3) is 0 Å². The first-order chi connectivity index (χ1) is 9.69. The van der Waals surface area contributed by atoms with Crippen LogP contribution in [0.2, 0.25) is 0 Å². The lowest BCUT2D eigenvalue weighted by molar-refractivity contribution is 0.198. The van der Waals surface area contributed by atoms with Gasteiger partial charge in [-0.25, -0.2) is 0 Å². The highest BCUT2D eigenvalue weighted by Gasteiger charge is 2.25. The molecule has 1 aromatic carbocycles. The first-order valence-corrected chi connectivity index (χ1v) is 7.82. The monoisotopic (exact) mass is 276 g/mol. The van der Waals surface area contributed by atoms with Gasteiger partial charge >= 0.3 is 0 Å². The van der Waals surface area contributed by atoms with Crippen molar-refractivity contribution in [3.8, 4) is 0 Å². The van der Waals surface area contributed by atoms with Crippen molar-refractivity contribution in [2.24, 2.45) is 5.92 Å². The van der Waals surface area contributed by atoms with Crippen molar-refractivity contribution in [2.45, 2.75) is 38.8 Å². The molecule has 1 saturated heterocycles. The van der Waals surface area contributed by atoms with E-state index in [-0.39, 0.29) is 12.6 Å². The third kappa shape index (κ3) is 4.58. The molecule has 112 valence electrons. The molecule has 20 heavy (non-hydrogen) atoms. The topological polar surface area (TPSA) is 35.5 Å². The van der Waals surface area contributed by atoms with Crippen LogP contribution < -0.4 is 5.32 Å². The summed E-state index contributed by atoms with van der Waals surface area (Å²) in [5.41, 5.74) is 1.42. The number of aliphatic hydroxyl groups excluding tert-OH is 1. The predicted molar refractivity (Wildman–Crippen MR) is 83.8 cm³/mol. The molecule has 1 heterocycles. The fourth-order valence-electron chi connectivity index (χ4n) is 2.86. The van der Waals surface area contributed by atoms with Crippen molar-refractivity contribution in [3.05, 3.63) is 35.9 Å². The van der Waals surface area contributed by atoms with Crippen LogP contribution in [0.5, 0.6) is 0 Å². The van der Waals surface area contributed by atoms with Gasteiger partial charge in [-0.15, -0.1) is 0 Å². The molecule has 0 aromatic heterocycles. The fraction of sp³-hybridized carbons (Fsp3) is 0.647. The van der Waals surface area contributed by atoms with Crippen LogP contribution in [0.1, 0.15) is 25.8 Å². The Morgan fingerprint density at radius 2 is 2.05 bits per heavy atom. The van der Waals surface area contributed by atoms with Gasteiger partial charge in [0, 0.05) is 25.2 Å². The Morgan fingerprint density at radius 3 is 2.70 bits per heavy atom. The third-order valence-electron chi connectivity index (χ3n) is 4.28. The van der Waals surface area contributed by atoms with Gasteiger partial charge < -0.3 is 15.3 Å². The van der Waals surface area contributed by atoms with E-state index in [1.165, 1.54) is 18.5 Å². The maximum atomic E-state index is 9.40. The van der Waals surface area contributed by atoms with Crippen molar-refractivity contribution in [3.63, 3.8) is 0 Å². The highest BCUT2D eigenvalue weighted by atomic mass is 16.3. The first kappa shape index (κ1) is 15.5. The summed E-state index contributed by atoms with van der Waals surface area (Å²) >= 11 is 0. The molecule has 2 unspecified atom stereocenters. The van der Waals surface area contributed by atoms with Gasteiger partial charge in [0.05, 0.1) is 6.61 Å². The maximum absolute atomic E-state index is 9.40. The minimum absolute atomic E-state index is 0.231. The molecule has 1 aliphatic rings. The van der Waals surface area contributed by atoms with Crippen LogP contribution >= 0.6 is 0 Å². The average molecular weight is 276 g/mol. The van der Waals surface area contributed by atoms with Crippen LogP contribution in [0.3, 0.4) is 0 Å². The Balaban J connectivity index is 1.72. The van der Waals surface area contributed by atoms with Crippen molar-refractivity contribution in [1.29, 1.82) is 0 Å². The van der Waals surface area contributed by atoms with Crippen molar-refractivity contribution < 1.29 is 5.11 Å². The highest BCUT2D eigenvalue weighted by molar-refractivity contribution is 5.14. The molecule has 0 saturated carbocycles. The number of aliphatic hydroxyl groups is 1. The zero-order valence-electron chi connectivity index (χ0n) is 12.8. The lowest BCUT2D eigenvalue weighted by Gasteiger charge is -2.24. The third-order valence-corrected chi connectivity index (χ3v) is 4.28. The molecule has 0 spiro atoms. The molecule has 3 nitrogen and oxygen atoms in total. The quantitative estimate of drug-likeness (QED) is 0.798. The number of rotatable bonds is 7. The van der Waals surface area contributed by atoms with Gasteiger partial charge in [-0.2, -0.15) is 0 Å². The number of likely N-dealkylation sites (tertiary alicyclic amines) is 1. The molecule has 2 rings (SSSR count). The van der Waals surface area contributed by atoms with E-state index in [0.717, 1.165) is 19.5 Å². The zero-order valence-corrected chi connectivity index (χ0v) is 12.8. The molecule has 0 amide bonds. The van der Waals surface area contributed by atoms with Crippen LogP contribution in [0.4, 0.5) is 0 Å². The number of hydrogen-bond donors (Lipinski definition) is 2. The van der Waals surface area contributed by atoms with E-state index < -0.39 is 0 Å². The summed E-state index contributed by atoms with van der Waals surface area (Å²) in [5.74, 6) is 0.485. The van der Waals surface area contributed by atoms with E-state index in [1.807, 2.05) is 0 Å². The van der Waals surface area contributed by atoms with Crippen molar-refractivity contribution >= 4 is 0 Å². The highest BCUT2D eigenvalue weighted by Crippen LogP contribution is 2.13. The maximum Gasteiger partial charge on any atom is 0.0587 e. The second-order valence-electron chi connectivity index (χ2n) is 6.22. The summed E-state index contributed by atoms with van der Waals surface area (Å²) in [6.45, 7) is 7.97. The van der Waals surface area contributed by atoms with E-state index in [4.69, 9.17) is 0 Å². The van der Waals surface area contributed by atoms with Gasteiger partial charge in [0.25, 0.3) is 0 Å². The van der Waals surface area contributed by atoms with Gasteiger partial charge in [-0.3, -0.25) is 0 Å².